The summed E-state index contributed by atoms with van der Waals surface area (Å²) in [5.41, 5.74) is 7.63. The van der Waals surface area contributed by atoms with Crippen molar-refractivity contribution in [1.29, 1.82) is 0 Å². The number of para-hydroxylation sites is 1. The van der Waals surface area contributed by atoms with Gasteiger partial charge in [-0.05, 0) is 37.3 Å². The molecule has 146 valence electrons. The molecule has 27 heavy (non-hydrogen) atoms. The SMILES string of the molecule is CC(=O)c1ccc(N2CCN(C(=O)c3ccccc3N)CC2)c(F)c1.Cl.Cl. The second-order valence-electron chi connectivity index (χ2n) is 6.09. The molecular formula is C19H22Cl2FN3O2. The quantitative estimate of drug-likeness (QED) is 0.618. The lowest BCUT2D eigenvalue weighted by Gasteiger charge is -2.36. The van der Waals surface area contributed by atoms with Crippen molar-refractivity contribution < 1.29 is 14.0 Å². The minimum atomic E-state index is -0.417. The molecule has 1 saturated heterocycles. The van der Waals surface area contributed by atoms with E-state index in [-0.39, 0.29) is 36.5 Å². The molecule has 3 rings (SSSR count). The van der Waals surface area contributed by atoms with Crippen LogP contribution >= 0.6 is 24.8 Å². The number of hydrogen-bond donors (Lipinski definition) is 1. The Morgan fingerprint density at radius 1 is 1.00 bits per heavy atom. The number of carbonyl (C=O) groups is 2. The van der Waals surface area contributed by atoms with Crippen molar-refractivity contribution in [2.24, 2.45) is 0 Å². The van der Waals surface area contributed by atoms with Gasteiger partial charge in [-0.3, -0.25) is 9.59 Å². The molecule has 1 fully saturated rings. The van der Waals surface area contributed by atoms with Crippen molar-refractivity contribution in [2.45, 2.75) is 6.92 Å². The van der Waals surface area contributed by atoms with Crippen LogP contribution in [0.25, 0.3) is 0 Å². The number of benzene rings is 2. The van der Waals surface area contributed by atoms with E-state index in [1.807, 2.05) is 4.90 Å². The Balaban J connectivity index is 0.00000182. The van der Waals surface area contributed by atoms with Gasteiger partial charge in [0.15, 0.2) is 5.78 Å². The van der Waals surface area contributed by atoms with E-state index >= 15 is 0 Å². The van der Waals surface area contributed by atoms with Crippen molar-refractivity contribution in [3.05, 3.63) is 59.4 Å². The molecule has 0 aliphatic carbocycles. The topological polar surface area (TPSA) is 66.6 Å². The van der Waals surface area contributed by atoms with Crippen molar-refractivity contribution >= 4 is 47.9 Å². The Bertz CT molecular complexity index is 824. The molecule has 2 N–H and O–H groups in total. The van der Waals surface area contributed by atoms with Crippen LogP contribution in [0.3, 0.4) is 0 Å². The van der Waals surface area contributed by atoms with Crippen LogP contribution in [0.2, 0.25) is 0 Å². The van der Waals surface area contributed by atoms with E-state index in [4.69, 9.17) is 5.73 Å². The molecule has 0 spiro atoms. The Kier molecular flexibility index (Phi) is 8.06. The maximum atomic E-state index is 14.3. The minimum Gasteiger partial charge on any atom is -0.398 e. The van der Waals surface area contributed by atoms with Crippen LogP contribution in [-0.4, -0.2) is 42.8 Å². The number of nitrogens with zero attached hydrogens (tertiary/aromatic N) is 2. The van der Waals surface area contributed by atoms with Crippen LogP contribution in [0.15, 0.2) is 42.5 Å². The summed E-state index contributed by atoms with van der Waals surface area (Å²) >= 11 is 0. The number of halogens is 3. The van der Waals surface area contributed by atoms with Gasteiger partial charge in [-0.25, -0.2) is 4.39 Å². The standard InChI is InChI=1S/C19H20FN3O2.2ClH/c1-13(24)14-6-7-18(16(20)12-14)22-8-10-23(11-9-22)19(25)15-4-2-3-5-17(15)21;;/h2-7,12H,8-11,21H2,1H3;2*1H. The van der Waals surface area contributed by atoms with Crippen LogP contribution < -0.4 is 10.6 Å². The van der Waals surface area contributed by atoms with E-state index in [9.17, 15) is 14.0 Å². The van der Waals surface area contributed by atoms with Crippen LogP contribution in [0.5, 0.6) is 0 Å². The summed E-state index contributed by atoms with van der Waals surface area (Å²) in [7, 11) is 0. The molecule has 1 heterocycles. The van der Waals surface area contributed by atoms with Gasteiger partial charge >= 0.3 is 0 Å². The van der Waals surface area contributed by atoms with E-state index in [0.29, 0.717) is 48.7 Å². The highest BCUT2D eigenvalue weighted by molar-refractivity contribution is 5.99. The monoisotopic (exact) mass is 413 g/mol. The second-order valence-corrected chi connectivity index (χ2v) is 6.09. The summed E-state index contributed by atoms with van der Waals surface area (Å²) in [5, 5.41) is 0. The zero-order chi connectivity index (χ0) is 18.0. The summed E-state index contributed by atoms with van der Waals surface area (Å²) in [6.45, 7) is 3.43. The predicted octanol–water partition coefficient (Wildman–Crippen LogP) is 3.42. The van der Waals surface area contributed by atoms with Crippen LogP contribution in [0.4, 0.5) is 15.8 Å². The number of nitrogen functional groups attached to an aromatic ring is 1. The molecule has 1 aliphatic heterocycles. The first-order valence-electron chi connectivity index (χ1n) is 8.16. The number of anilines is 2. The zero-order valence-corrected chi connectivity index (χ0v) is 16.5. The Labute approximate surface area is 170 Å². The highest BCUT2D eigenvalue weighted by Crippen LogP contribution is 2.23. The molecule has 5 nitrogen and oxygen atoms in total. The lowest BCUT2D eigenvalue weighted by molar-refractivity contribution is 0.0747. The summed E-state index contributed by atoms with van der Waals surface area (Å²) in [5.74, 6) is -0.689. The van der Waals surface area contributed by atoms with E-state index in [1.54, 1.807) is 41.3 Å². The Hall–Kier alpha value is -2.31. The van der Waals surface area contributed by atoms with E-state index < -0.39 is 5.82 Å². The molecule has 0 aromatic heterocycles. The number of Topliss-reactive ketones (excluding diaryl/α,β-unsaturated/α-hetero) is 1. The third-order valence-electron chi connectivity index (χ3n) is 4.45. The summed E-state index contributed by atoms with van der Waals surface area (Å²) in [4.78, 5) is 27.5. The third kappa shape index (κ3) is 4.90. The molecule has 8 heteroatoms. The molecule has 0 bridgehead atoms. The average Bonchev–Trinajstić information content (AvgIpc) is 2.61. The highest BCUT2D eigenvalue weighted by atomic mass is 35.5. The van der Waals surface area contributed by atoms with Gasteiger partial charge in [-0.1, -0.05) is 12.1 Å². The molecule has 2 aromatic carbocycles. The van der Waals surface area contributed by atoms with Gasteiger partial charge in [0, 0.05) is 37.4 Å². The smallest absolute Gasteiger partial charge is 0.256 e. The molecule has 1 amide bonds. The second kappa shape index (κ2) is 9.58. The van der Waals surface area contributed by atoms with Crippen molar-refractivity contribution in [3.63, 3.8) is 0 Å². The van der Waals surface area contributed by atoms with Crippen molar-refractivity contribution in [1.82, 2.24) is 4.90 Å². The Morgan fingerprint density at radius 3 is 2.19 bits per heavy atom. The van der Waals surface area contributed by atoms with E-state index in [1.165, 1.54) is 13.0 Å². The number of rotatable bonds is 3. The predicted molar refractivity (Wildman–Crippen MR) is 110 cm³/mol. The first kappa shape index (κ1) is 22.7. The fourth-order valence-corrected chi connectivity index (χ4v) is 2.99. The van der Waals surface area contributed by atoms with Gasteiger partial charge in [-0.15, -0.1) is 24.8 Å². The summed E-state index contributed by atoms with van der Waals surface area (Å²) in [6.07, 6.45) is 0. The summed E-state index contributed by atoms with van der Waals surface area (Å²) < 4.78 is 14.3. The highest BCUT2D eigenvalue weighted by Gasteiger charge is 2.24. The molecule has 2 aromatic rings. The van der Waals surface area contributed by atoms with Crippen molar-refractivity contribution in [2.75, 3.05) is 36.8 Å². The third-order valence-corrected chi connectivity index (χ3v) is 4.45. The number of carbonyl (C=O) groups excluding carboxylic acids is 2. The lowest BCUT2D eigenvalue weighted by Crippen LogP contribution is -2.49. The van der Waals surface area contributed by atoms with Gasteiger partial charge < -0.3 is 15.5 Å². The van der Waals surface area contributed by atoms with Gasteiger partial charge in [0.2, 0.25) is 0 Å². The molecular weight excluding hydrogens is 392 g/mol. The van der Waals surface area contributed by atoms with Crippen molar-refractivity contribution in [3.8, 4) is 0 Å². The van der Waals surface area contributed by atoms with E-state index in [2.05, 4.69) is 0 Å². The average molecular weight is 414 g/mol. The van der Waals surface area contributed by atoms with Gasteiger partial charge in [0.25, 0.3) is 5.91 Å². The first-order chi connectivity index (χ1) is 12.0. The normalized spacial score (nSPS) is 13.4. The largest absolute Gasteiger partial charge is 0.398 e. The fourth-order valence-electron chi connectivity index (χ4n) is 2.99. The van der Waals surface area contributed by atoms with Crippen LogP contribution in [0, 0.1) is 5.82 Å². The molecule has 0 radical (unpaired) electrons. The zero-order valence-electron chi connectivity index (χ0n) is 14.9. The first-order valence-corrected chi connectivity index (χ1v) is 8.16. The number of piperazine rings is 1. The number of nitrogens with two attached hydrogens (primary N) is 1. The van der Waals surface area contributed by atoms with Gasteiger partial charge in [0.05, 0.1) is 11.3 Å². The van der Waals surface area contributed by atoms with Gasteiger partial charge in [0.1, 0.15) is 5.82 Å². The maximum absolute atomic E-state index is 14.3. The summed E-state index contributed by atoms with van der Waals surface area (Å²) in [6, 6.07) is 11.5. The lowest BCUT2D eigenvalue weighted by atomic mass is 10.1. The Morgan fingerprint density at radius 2 is 1.63 bits per heavy atom. The van der Waals surface area contributed by atoms with Crippen LogP contribution in [0.1, 0.15) is 27.6 Å². The number of hydrogen-bond acceptors (Lipinski definition) is 4. The van der Waals surface area contributed by atoms with E-state index in [0.717, 1.165) is 0 Å². The number of amides is 1. The number of ketones is 1. The molecule has 0 saturated carbocycles. The maximum Gasteiger partial charge on any atom is 0.256 e. The van der Waals surface area contributed by atoms with Crippen LogP contribution in [-0.2, 0) is 0 Å². The molecule has 1 aliphatic rings. The fraction of sp³-hybridized carbons (Fsp3) is 0.263. The minimum absolute atomic E-state index is 0. The molecule has 0 unspecified atom stereocenters. The van der Waals surface area contributed by atoms with Gasteiger partial charge in [-0.2, -0.15) is 0 Å². The molecule has 0 atom stereocenters.